The van der Waals surface area contributed by atoms with Crippen molar-refractivity contribution in [3.63, 3.8) is 0 Å². The molecule has 1 aromatic carbocycles. The van der Waals surface area contributed by atoms with E-state index in [1.807, 2.05) is 35.5 Å². The average Bonchev–Trinajstić information content (AvgIpc) is 3.48. The molecule has 1 fully saturated rings. The van der Waals surface area contributed by atoms with Gasteiger partial charge in [0, 0.05) is 45.1 Å². The molecule has 5 heteroatoms. The van der Waals surface area contributed by atoms with Gasteiger partial charge in [-0.25, -0.2) is 0 Å². The van der Waals surface area contributed by atoms with Gasteiger partial charge in [-0.1, -0.05) is 42.5 Å². The number of rotatable bonds is 7. The zero-order valence-corrected chi connectivity index (χ0v) is 17.4. The molecular formula is C24H27N3OS. The lowest BCUT2D eigenvalue weighted by molar-refractivity contribution is -0.133. The first-order valence-electron chi connectivity index (χ1n) is 10.2. The van der Waals surface area contributed by atoms with E-state index in [2.05, 4.69) is 62.7 Å². The van der Waals surface area contributed by atoms with E-state index in [1.54, 1.807) is 11.3 Å². The minimum Gasteiger partial charge on any atom is -0.346 e. The largest absolute Gasteiger partial charge is 0.346 e. The second-order valence-corrected chi connectivity index (χ2v) is 8.18. The monoisotopic (exact) mass is 405 g/mol. The molecule has 1 saturated heterocycles. The number of thiophene rings is 1. The van der Waals surface area contributed by atoms with E-state index < -0.39 is 0 Å². The average molecular weight is 406 g/mol. The van der Waals surface area contributed by atoms with Gasteiger partial charge in [-0.05, 0) is 40.1 Å². The molecule has 4 rings (SSSR count). The van der Waals surface area contributed by atoms with Crippen molar-refractivity contribution in [1.29, 1.82) is 0 Å². The second-order valence-electron chi connectivity index (χ2n) is 7.40. The highest BCUT2D eigenvalue weighted by Crippen LogP contribution is 2.25. The van der Waals surface area contributed by atoms with Gasteiger partial charge in [-0.15, -0.1) is 0 Å². The standard InChI is InChI=1S/C24H27N3OS/c28-24(19-23(22-10-18-29-20-22)26-12-4-5-13-26)27-16-14-25(15-17-27)11-6-9-21-7-2-1-3-8-21/h1-10,12-13,18,20,23H,11,14-17,19H2/b9-6+/t23-/m1/s1. The van der Waals surface area contributed by atoms with Crippen molar-refractivity contribution in [3.05, 3.63) is 88.9 Å². The first-order chi connectivity index (χ1) is 14.3. The molecule has 4 nitrogen and oxygen atoms in total. The van der Waals surface area contributed by atoms with E-state index >= 15 is 0 Å². The van der Waals surface area contributed by atoms with Crippen LogP contribution in [0.5, 0.6) is 0 Å². The molecule has 1 amide bonds. The number of aromatic nitrogens is 1. The maximum absolute atomic E-state index is 13.0. The Balaban J connectivity index is 1.29. The first kappa shape index (κ1) is 19.7. The van der Waals surface area contributed by atoms with Crippen LogP contribution in [0.15, 0.2) is 77.8 Å². The fourth-order valence-corrected chi connectivity index (χ4v) is 4.50. The zero-order chi connectivity index (χ0) is 19.9. The molecule has 2 aromatic heterocycles. The molecule has 150 valence electrons. The molecule has 0 unspecified atom stereocenters. The van der Waals surface area contributed by atoms with Crippen LogP contribution >= 0.6 is 11.3 Å². The number of amides is 1. The third-order valence-corrected chi connectivity index (χ3v) is 6.18. The van der Waals surface area contributed by atoms with Crippen molar-refractivity contribution in [3.8, 4) is 0 Å². The Morgan fingerprint density at radius 3 is 2.45 bits per heavy atom. The highest BCUT2D eigenvalue weighted by Gasteiger charge is 2.24. The molecular weight excluding hydrogens is 378 g/mol. The van der Waals surface area contributed by atoms with Gasteiger partial charge in [0.05, 0.1) is 12.5 Å². The minimum atomic E-state index is 0.0792. The van der Waals surface area contributed by atoms with Crippen LogP contribution in [0, 0.1) is 0 Å². The predicted molar refractivity (Wildman–Crippen MR) is 120 cm³/mol. The lowest BCUT2D eigenvalue weighted by Crippen LogP contribution is -2.49. The normalized spacial score (nSPS) is 16.3. The lowest BCUT2D eigenvalue weighted by Gasteiger charge is -2.35. The van der Waals surface area contributed by atoms with Crippen LogP contribution in [0.3, 0.4) is 0 Å². The Hall–Kier alpha value is -2.63. The number of carbonyl (C=O) groups excluding carboxylic acids is 1. The summed E-state index contributed by atoms with van der Waals surface area (Å²) in [6.07, 6.45) is 8.99. The number of carbonyl (C=O) groups is 1. The summed E-state index contributed by atoms with van der Waals surface area (Å²) in [5, 5.41) is 4.23. The fourth-order valence-electron chi connectivity index (χ4n) is 3.79. The first-order valence-corrected chi connectivity index (χ1v) is 11.1. The third-order valence-electron chi connectivity index (χ3n) is 5.48. The summed E-state index contributed by atoms with van der Waals surface area (Å²) < 4.78 is 2.14. The molecule has 1 aliphatic heterocycles. The van der Waals surface area contributed by atoms with Gasteiger partial charge in [-0.2, -0.15) is 11.3 Å². The number of hydrogen-bond donors (Lipinski definition) is 0. The third kappa shape index (κ3) is 5.25. The smallest absolute Gasteiger partial charge is 0.225 e. The molecule has 0 aliphatic carbocycles. The maximum Gasteiger partial charge on any atom is 0.225 e. The lowest BCUT2D eigenvalue weighted by atomic mass is 10.1. The van der Waals surface area contributed by atoms with E-state index in [0.717, 1.165) is 32.7 Å². The molecule has 1 aliphatic rings. The molecule has 1 atom stereocenters. The van der Waals surface area contributed by atoms with Gasteiger partial charge in [0.2, 0.25) is 5.91 Å². The van der Waals surface area contributed by atoms with Crippen LogP contribution < -0.4 is 0 Å². The zero-order valence-electron chi connectivity index (χ0n) is 16.6. The van der Waals surface area contributed by atoms with Crippen molar-refractivity contribution >= 4 is 23.3 Å². The molecule has 0 spiro atoms. The summed E-state index contributed by atoms with van der Waals surface area (Å²) in [7, 11) is 0. The SMILES string of the molecule is O=C(C[C@H](c1ccsc1)n1cccc1)N1CCN(C/C=C/c2ccccc2)CC1. The van der Waals surface area contributed by atoms with Crippen molar-refractivity contribution < 1.29 is 4.79 Å². The molecule has 3 aromatic rings. The Labute approximate surface area is 176 Å². The summed E-state index contributed by atoms with van der Waals surface area (Å²) in [6.45, 7) is 4.40. The molecule has 0 bridgehead atoms. The van der Waals surface area contributed by atoms with Crippen LogP contribution in [0.1, 0.15) is 23.6 Å². The summed E-state index contributed by atoms with van der Waals surface area (Å²) in [6, 6.07) is 16.6. The number of hydrogen-bond acceptors (Lipinski definition) is 3. The summed E-state index contributed by atoms with van der Waals surface area (Å²) in [5.74, 6) is 0.245. The minimum absolute atomic E-state index is 0.0792. The van der Waals surface area contributed by atoms with E-state index in [1.165, 1.54) is 11.1 Å². The molecule has 29 heavy (non-hydrogen) atoms. The van der Waals surface area contributed by atoms with E-state index in [-0.39, 0.29) is 11.9 Å². The summed E-state index contributed by atoms with van der Waals surface area (Å²) in [4.78, 5) is 17.4. The van der Waals surface area contributed by atoms with E-state index in [9.17, 15) is 4.79 Å². The van der Waals surface area contributed by atoms with Gasteiger partial charge < -0.3 is 9.47 Å². The van der Waals surface area contributed by atoms with Gasteiger partial charge >= 0.3 is 0 Å². The molecule has 3 heterocycles. The van der Waals surface area contributed by atoms with Crippen molar-refractivity contribution in [1.82, 2.24) is 14.4 Å². The van der Waals surface area contributed by atoms with Crippen molar-refractivity contribution in [2.45, 2.75) is 12.5 Å². The maximum atomic E-state index is 13.0. The Morgan fingerprint density at radius 1 is 1.00 bits per heavy atom. The van der Waals surface area contributed by atoms with E-state index in [0.29, 0.717) is 6.42 Å². The van der Waals surface area contributed by atoms with Crippen molar-refractivity contribution in [2.24, 2.45) is 0 Å². The predicted octanol–water partition coefficient (Wildman–Crippen LogP) is 4.39. The fraction of sp³-hybridized carbons (Fsp3) is 0.292. The second kappa shape index (κ2) is 9.72. The molecule has 0 saturated carbocycles. The topological polar surface area (TPSA) is 28.5 Å². The van der Waals surface area contributed by atoms with Crippen LogP contribution in [0.25, 0.3) is 6.08 Å². The van der Waals surface area contributed by atoms with Crippen molar-refractivity contribution in [2.75, 3.05) is 32.7 Å². The highest BCUT2D eigenvalue weighted by molar-refractivity contribution is 7.08. The number of nitrogens with zero attached hydrogens (tertiary/aromatic N) is 3. The van der Waals surface area contributed by atoms with E-state index in [4.69, 9.17) is 0 Å². The summed E-state index contributed by atoms with van der Waals surface area (Å²) >= 11 is 1.68. The number of benzene rings is 1. The van der Waals surface area contributed by atoms with Gasteiger partial charge in [-0.3, -0.25) is 9.69 Å². The molecule has 0 N–H and O–H groups in total. The van der Waals surface area contributed by atoms with Crippen LogP contribution in [0.4, 0.5) is 0 Å². The van der Waals surface area contributed by atoms with Gasteiger partial charge in [0.25, 0.3) is 0 Å². The Morgan fingerprint density at radius 2 is 1.76 bits per heavy atom. The summed E-state index contributed by atoms with van der Waals surface area (Å²) in [5.41, 5.74) is 2.44. The van der Waals surface area contributed by atoms with Crippen LogP contribution in [-0.2, 0) is 4.79 Å². The Kier molecular flexibility index (Phi) is 6.60. The van der Waals surface area contributed by atoms with Crippen LogP contribution in [-0.4, -0.2) is 53.0 Å². The van der Waals surface area contributed by atoms with Gasteiger partial charge in [0.1, 0.15) is 0 Å². The number of piperazine rings is 1. The van der Waals surface area contributed by atoms with Gasteiger partial charge in [0.15, 0.2) is 0 Å². The Bertz CT molecular complexity index is 861. The molecule has 0 radical (unpaired) electrons. The van der Waals surface area contributed by atoms with Crippen LogP contribution in [0.2, 0.25) is 0 Å². The highest BCUT2D eigenvalue weighted by atomic mass is 32.1. The quantitative estimate of drug-likeness (QED) is 0.583.